The second-order valence-corrected chi connectivity index (χ2v) is 11.2. The van der Waals surface area contributed by atoms with Crippen LogP contribution in [0.25, 0.3) is 0 Å². The Bertz CT molecular complexity index is 1240. The number of nitrogens with one attached hydrogen (secondary N) is 2. The number of carbonyl (C=O) groups is 2. The van der Waals surface area contributed by atoms with E-state index in [1.807, 2.05) is 18.7 Å². The summed E-state index contributed by atoms with van der Waals surface area (Å²) >= 11 is 0. The number of likely N-dealkylation sites (tertiary alicyclic amines) is 1. The van der Waals surface area contributed by atoms with E-state index in [-0.39, 0.29) is 53.7 Å². The van der Waals surface area contributed by atoms with Gasteiger partial charge in [-0.2, -0.15) is 13.2 Å². The Balaban J connectivity index is 1.56. The molecule has 2 heterocycles. The number of rotatable bonds is 10. The Morgan fingerprint density at radius 2 is 1.95 bits per heavy atom. The van der Waals surface area contributed by atoms with Gasteiger partial charge in [-0.05, 0) is 68.6 Å². The Labute approximate surface area is 239 Å². The van der Waals surface area contributed by atoms with E-state index in [4.69, 9.17) is 4.74 Å². The molecule has 224 valence electrons. The molecule has 1 aliphatic carbocycles. The fourth-order valence-corrected chi connectivity index (χ4v) is 6.26. The molecule has 0 radical (unpaired) electrons. The van der Waals surface area contributed by atoms with E-state index in [0.717, 1.165) is 44.8 Å². The first kappa shape index (κ1) is 30.6. The zero-order valence-electron chi connectivity index (χ0n) is 24.2. The Morgan fingerprint density at radius 1 is 1.20 bits per heavy atom. The highest BCUT2D eigenvalue weighted by molar-refractivity contribution is 5.95. The third-order valence-corrected chi connectivity index (χ3v) is 8.60. The van der Waals surface area contributed by atoms with Crippen molar-refractivity contribution in [3.63, 3.8) is 0 Å². The quantitative estimate of drug-likeness (QED) is 0.361. The summed E-state index contributed by atoms with van der Waals surface area (Å²) in [6, 6.07) is 4.90. The Morgan fingerprint density at radius 3 is 2.61 bits per heavy atom. The van der Waals surface area contributed by atoms with Gasteiger partial charge in [0.25, 0.3) is 5.91 Å². The van der Waals surface area contributed by atoms with Gasteiger partial charge in [0.1, 0.15) is 5.75 Å². The summed E-state index contributed by atoms with van der Waals surface area (Å²) in [5, 5.41) is 5.68. The van der Waals surface area contributed by atoms with Gasteiger partial charge in [0.15, 0.2) is 0 Å². The van der Waals surface area contributed by atoms with Crippen LogP contribution in [-0.4, -0.2) is 52.9 Å². The molecule has 41 heavy (non-hydrogen) atoms. The number of halogens is 3. The molecule has 0 spiro atoms. The zero-order chi connectivity index (χ0) is 29.7. The van der Waals surface area contributed by atoms with Crippen molar-refractivity contribution in [2.75, 3.05) is 25.5 Å². The average molecular weight is 576 g/mol. The summed E-state index contributed by atoms with van der Waals surface area (Å²) in [6.45, 7) is 7.13. The maximum atomic E-state index is 14.0. The summed E-state index contributed by atoms with van der Waals surface area (Å²) in [6.07, 6.45) is 1.85. The van der Waals surface area contributed by atoms with Crippen LogP contribution in [0.5, 0.6) is 5.75 Å². The number of nitrogens with zero attached hydrogens (tertiary/aromatic N) is 3. The molecule has 4 atom stereocenters. The van der Waals surface area contributed by atoms with Gasteiger partial charge < -0.3 is 20.3 Å². The van der Waals surface area contributed by atoms with Crippen LogP contribution in [0, 0.1) is 17.8 Å². The van der Waals surface area contributed by atoms with Crippen LogP contribution >= 0.6 is 0 Å². The van der Waals surface area contributed by atoms with Crippen molar-refractivity contribution in [3.8, 4) is 5.75 Å². The first-order valence-electron chi connectivity index (χ1n) is 14.5. The van der Waals surface area contributed by atoms with E-state index in [1.54, 1.807) is 18.2 Å². The van der Waals surface area contributed by atoms with Crippen LogP contribution in [-0.2, 0) is 17.4 Å². The molecule has 0 bridgehead atoms. The van der Waals surface area contributed by atoms with E-state index in [0.29, 0.717) is 30.0 Å². The first-order chi connectivity index (χ1) is 19.5. The van der Waals surface area contributed by atoms with Gasteiger partial charge in [0.05, 0.1) is 24.1 Å². The SMILES string of the molecule is CCNC(=O)c1ccc(Nc2ncc(C(F)(F)F)c(CC(C)C(C)C3CCCCC3N3CCCC3=O)n2)c(OC)c1. The normalized spacial score (nSPS) is 21.0. The minimum atomic E-state index is -4.60. The largest absolute Gasteiger partial charge is 0.495 e. The lowest BCUT2D eigenvalue weighted by Crippen LogP contribution is -2.46. The summed E-state index contributed by atoms with van der Waals surface area (Å²) in [7, 11) is 1.44. The van der Waals surface area contributed by atoms with Crippen molar-refractivity contribution in [2.45, 2.75) is 77.9 Å². The van der Waals surface area contributed by atoms with Gasteiger partial charge in [-0.25, -0.2) is 9.97 Å². The molecule has 1 aliphatic heterocycles. The minimum Gasteiger partial charge on any atom is -0.495 e. The van der Waals surface area contributed by atoms with Gasteiger partial charge in [0.2, 0.25) is 11.9 Å². The minimum absolute atomic E-state index is 0.00937. The highest BCUT2D eigenvalue weighted by atomic mass is 19.4. The Kier molecular flexibility index (Phi) is 9.76. The van der Waals surface area contributed by atoms with E-state index in [1.165, 1.54) is 7.11 Å². The van der Waals surface area contributed by atoms with Crippen molar-refractivity contribution in [1.82, 2.24) is 20.2 Å². The molecule has 2 amide bonds. The molecule has 2 aliphatic rings. The standard InChI is InChI=1S/C30H40F3N5O3/c1-5-34-28(40)20-12-13-23(26(16-20)41-4)36-29-35-17-22(30(31,32)33)24(37-29)15-18(2)19(3)21-9-6-7-10-25(21)38-14-8-11-27(38)39/h12-13,16-19,21,25H,5-11,14-15H2,1-4H3,(H,34,40)(H,35,36,37). The van der Waals surface area contributed by atoms with Gasteiger partial charge in [-0.3, -0.25) is 9.59 Å². The van der Waals surface area contributed by atoms with Gasteiger partial charge in [-0.15, -0.1) is 0 Å². The number of amides is 2. The van der Waals surface area contributed by atoms with Crippen LogP contribution < -0.4 is 15.4 Å². The van der Waals surface area contributed by atoms with E-state index < -0.39 is 11.7 Å². The maximum Gasteiger partial charge on any atom is 0.419 e. The number of alkyl halides is 3. The Hall–Kier alpha value is -3.37. The van der Waals surface area contributed by atoms with Gasteiger partial charge in [0, 0.05) is 37.3 Å². The highest BCUT2D eigenvalue weighted by Gasteiger charge is 2.40. The lowest BCUT2D eigenvalue weighted by atomic mass is 9.71. The predicted molar refractivity (Wildman–Crippen MR) is 150 cm³/mol. The van der Waals surface area contributed by atoms with Crippen molar-refractivity contribution < 1.29 is 27.5 Å². The van der Waals surface area contributed by atoms with Crippen LogP contribution in [0.4, 0.5) is 24.8 Å². The van der Waals surface area contributed by atoms with Crippen LogP contribution in [0.3, 0.4) is 0 Å². The summed E-state index contributed by atoms with van der Waals surface area (Å²) in [5.41, 5.74) is -0.108. The zero-order valence-corrected chi connectivity index (χ0v) is 24.2. The fourth-order valence-electron chi connectivity index (χ4n) is 6.26. The molecular weight excluding hydrogens is 535 g/mol. The molecule has 1 saturated carbocycles. The van der Waals surface area contributed by atoms with Gasteiger partial charge in [-0.1, -0.05) is 26.7 Å². The number of anilines is 2. The number of hydrogen-bond acceptors (Lipinski definition) is 6. The summed E-state index contributed by atoms with van der Waals surface area (Å²) < 4.78 is 47.5. The molecule has 1 aromatic heterocycles. The number of carbonyl (C=O) groups excluding carboxylic acids is 2. The van der Waals surface area contributed by atoms with Crippen molar-refractivity contribution in [3.05, 3.63) is 41.2 Å². The fraction of sp³-hybridized carbons (Fsp3) is 0.600. The molecule has 1 saturated heterocycles. The van der Waals surface area contributed by atoms with Crippen LogP contribution in [0.1, 0.15) is 80.9 Å². The lowest BCUT2D eigenvalue weighted by molar-refractivity contribution is -0.139. The van der Waals surface area contributed by atoms with Crippen molar-refractivity contribution >= 4 is 23.5 Å². The third kappa shape index (κ3) is 7.11. The van der Waals surface area contributed by atoms with Gasteiger partial charge >= 0.3 is 6.18 Å². The van der Waals surface area contributed by atoms with Crippen LogP contribution in [0.15, 0.2) is 24.4 Å². The second-order valence-electron chi connectivity index (χ2n) is 11.2. The molecule has 8 nitrogen and oxygen atoms in total. The molecule has 2 aromatic rings. The first-order valence-corrected chi connectivity index (χ1v) is 14.5. The monoisotopic (exact) mass is 575 g/mol. The molecule has 11 heteroatoms. The smallest absolute Gasteiger partial charge is 0.419 e. The summed E-state index contributed by atoms with van der Waals surface area (Å²) in [4.78, 5) is 35.0. The predicted octanol–water partition coefficient (Wildman–Crippen LogP) is 5.99. The molecule has 1 aromatic carbocycles. The molecular formula is C30H40F3N5O3. The number of hydrogen-bond donors (Lipinski definition) is 2. The van der Waals surface area contributed by atoms with Crippen molar-refractivity contribution in [1.29, 1.82) is 0 Å². The lowest BCUT2D eigenvalue weighted by Gasteiger charge is -2.42. The highest BCUT2D eigenvalue weighted by Crippen LogP contribution is 2.40. The molecule has 4 rings (SSSR count). The topological polar surface area (TPSA) is 96.5 Å². The molecule has 2 N–H and O–H groups in total. The molecule has 2 fully saturated rings. The van der Waals surface area contributed by atoms with E-state index in [9.17, 15) is 22.8 Å². The van der Waals surface area contributed by atoms with Crippen LogP contribution in [0.2, 0.25) is 0 Å². The number of benzene rings is 1. The third-order valence-electron chi connectivity index (χ3n) is 8.60. The average Bonchev–Trinajstić information content (AvgIpc) is 3.37. The maximum absolute atomic E-state index is 14.0. The number of methoxy groups -OCH3 is 1. The van der Waals surface area contributed by atoms with Crippen molar-refractivity contribution in [2.24, 2.45) is 17.8 Å². The van der Waals surface area contributed by atoms with E-state index >= 15 is 0 Å². The summed E-state index contributed by atoms with van der Waals surface area (Å²) in [5.74, 6) is 0.513. The van der Waals surface area contributed by atoms with E-state index in [2.05, 4.69) is 27.5 Å². The second kappa shape index (κ2) is 13.1. The number of ether oxygens (including phenoxy) is 1. The molecule has 4 unspecified atom stereocenters. The number of aromatic nitrogens is 2.